The number of rotatable bonds is 5. The standard InChI is InChI=1S/C39H32N6/c1-3-13-26-25(2)43(31-18-8-4-14-27(26)31)38-40-24-41-39(42-38)45-34-21-11-7-17-30(34)37-35(22-12-23-36(37)45)44-32-19-9-5-15-28(32)29-16-6-10-20-33(29)44/h4-6,8-12,14-16,18-24H,3,7,13,17H2,1-2H3. The molecule has 0 N–H and O–H groups in total. The van der Waals surface area contributed by atoms with E-state index in [1.165, 1.54) is 55.1 Å². The molecule has 0 aliphatic heterocycles. The first-order valence-electron chi connectivity index (χ1n) is 15.8. The van der Waals surface area contributed by atoms with Gasteiger partial charge in [0.2, 0.25) is 11.9 Å². The van der Waals surface area contributed by atoms with Gasteiger partial charge in [-0.3, -0.25) is 9.13 Å². The van der Waals surface area contributed by atoms with Gasteiger partial charge < -0.3 is 4.57 Å². The Kier molecular flexibility index (Phi) is 5.78. The third kappa shape index (κ3) is 3.72. The number of para-hydroxylation sites is 3. The summed E-state index contributed by atoms with van der Waals surface area (Å²) in [5, 5.41) is 5.04. The lowest BCUT2D eigenvalue weighted by atomic mass is 10.00. The van der Waals surface area contributed by atoms with Crippen molar-refractivity contribution in [1.29, 1.82) is 0 Å². The number of hydrogen-bond acceptors (Lipinski definition) is 3. The van der Waals surface area contributed by atoms with Crippen molar-refractivity contribution in [3.8, 4) is 17.6 Å². The van der Waals surface area contributed by atoms with Crippen LogP contribution in [0.4, 0.5) is 0 Å². The Bertz CT molecular complexity index is 2420. The molecule has 1 aliphatic carbocycles. The molecule has 6 heteroatoms. The second kappa shape index (κ2) is 10.0. The van der Waals surface area contributed by atoms with E-state index in [0.717, 1.165) is 42.4 Å². The molecule has 0 atom stereocenters. The van der Waals surface area contributed by atoms with E-state index in [9.17, 15) is 0 Å². The zero-order valence-electron chi connectivity index (χ0n) is 25.4. The maximum atomic E-state index is 5.18. The number of hydrogen-bond donors (Lipinski definition) is 0. The van der Waals surface area contributed by atoms with Crippen molar-refractivity contribution in [2.45, 2.75) is 39.5 Å². The molecule has 6 nitrogen and oxygen atoms in total. The summed E-state index contributed by atoms with van der Waals surface area (Å²) in [6, 6.07) is 32.6. The summed E-state index contributed by atoms with van der Waals surface area (Å²) in [4.78, 5) is 14.7. The van der Waals surface area contributed by atoms with Crippen molar-refractivity contribution in [3.05, 3.63) is 126 Å². The summed E-state index contributed by atoms with van der Waals surface area (Å²) in [5.74, 6) is 1.27. The summed E-state index contributed by atoms with van der Waals surface area (Å²) in [6.07, 6.45) is 10.2. The molecule has 8 aromatic rings. The highest BCUT2D eigenvalue weighted by Crippen LogP contribution is 2.40. The second-order valence-electron chi connectivity index (χ2n) is 11.9. The fraction of sp³-hybridized carbons (Fsp3) is 0.154. The second-order valence-corrected chi connectivity index (χ2v) is 11.9. The molecule has 4 aromatic heterocycles. The van der Waals surface area contributed by atoms with E-state index in [-0.39, 0.29) is 0 Å². The Morgan fingerprint density at radius 2 is 1.29 bits per heavy atom. The van der Waals surface area contributed by atoms with Gasteiger partial charge in [-0.15, -0.1) is 0 Å². The first kappa shape index (κ1) is 26.0. The Morgan fingerprint density at radius 3 is 2.00 bits per heavy atom. The van der Waals surface area contributed by atoms with E-state index in [0.29, 0.717) is 11.9 Å². The Balaban J connectivity index is 1.32. The number of aromatic nitrogens is 6. The first-order valence-corrected chi connectivity index (χ1v) is 15.8. The van der Waals surface area contributed by atoms with E-state index < -0.39 is 0 Å². The third-order valence-corrected chi connectivity index (χ3v) is 9.46. The fourth-order valence-corrected chi connectivity index (χ4v) is 7.60. The van der Waals surface area contributed by atoms with Crippen LogP contribution < -0.4 is 0 Å². The lowest BCUT2D eigenvalue weighted by molar-refractivity contribution is 0.833. The average Bonchev–Trinajstić information content (AvgIpc) is 3.70. The molecule has 0 saturated carbocycles. The van der Waals surface area contributed by atoms with Crippen molar-refractivity contribution in [3.63, 3.8) is 0 Å². The summed E-state index contributed by atoms with van der Waals surface area (Å²) < 4.78 is 6.86. The van der Waals surface area contributed by atoms with Crippen LogP contribution in [0.5, 0.6) is 0 Å². The molecular formula is C39H32N6. The number of allylic oxidation sites excluding steroid dienone is 1. The molecule has 0 saturated heterocycles. The Labute approximate surface area is 260 Å². The topological polar surface area (TPSA) is 53.5 Å². The molecular weight excluding hydrogens is 552 g/mol. The normalized spacial score (nSPS) is 13.0. The van der Waals surface area contributed by atoms with Gasteiger partial charge in [-0.1, -0.05) is 80.1 Å². The maximum Gasteiger partial charge on any atom is 0.239 e. The highest BCUT2D eigenvalue weighted by Gasteiger charge is 2.25. The van der Waals surface area contributed by atoms with Gasteiger partial charge in [0.15, 0.2) is 0 Å². The number of fused-ring (bicyclic) bond motifs is 7. The van der Waals surface area contributed by atoms with Crippen LogP contribution in [0.25, 0.3) is 67.3 Å². The summed E-state index contributed by atoms with van der Waals surface area (Å²) in [7, 11) is 0. The summed E-state index contributed by atoms with van der Waals surface area (Å²) in [6.45, 7) is 4.41. The van der Waals surface area contributed by atoms with E-state index in [1.807, 2.05) is 0 Å². The van der Waals surface area contributed by atoms with Gasteiger partial charge in [0, 0.05) is 27.2 Å². The highest BCUT2D eigenvalue weighted by atomic mass is 15.3. The van der Waals surface area contributed by atoms with E-state index >= 15 is 0 Å². The third-order valence-electron chi connectivity index (χ3n) is 9.46. The van der Waals surface area contributed by atoms with Gasteiger partial charge in [-0.05, 0) is 73.7 Å². The highest BCUT2D eigenvalue weighted by molar-refractivity contribution is 6.11. The number of benzene rings is 4. The van der Waals surface area contributed by atoms with Crippen LogP contribution in [0.1, 0.15) is 42.3 Å². The molecule has 1 aliphatic rings. The predicted molar refractivity (Wildman–Crippen MR) is 184 cm³/mol. The number of aryl methyl sites for hydroxylation is 2. The smallest absolute Gasteiger partial charge is 0.239 e. The molecule has 0 unspecified atom stereocenters. The van der Waals surface area contributed by atoms with Crippen LogP contribution in [0.2, 0.25) is 0 Å². The predicted octanol–water partition coefficient (Wildman–Crippen LogP) is 9.08. The molecule has 0 spiro atoms. The van der Waals surface area contributed by atoms with Gasteiger partial charge in [0.05, 0.1) is 33.4 Å². The summed E-state index contributed by atoms with van der Waals surface area (Å²) in [5.41, 5.74) is 10.8. The van der Waals surface area contributed by atoms with Crippen molar-refractivity contribution in [1.82, 2.24) is 28.7 Å². The Morgan fingerprint density at radius 1 is 0.667 bits per heavy atom. The van der Waals surface area contributed by atoms with E-state index in [1.54, 1.807) is 6.33 Å². The van der Waals surface area contributed by atoms with Gasteiger partial charge in [0.25, 0.3) is 0 Å². The van der Waals surface area contributed by atoms with Crippen LogP contribution in [0.15, 0.2) is 103 Å². The van der Waals surface area contributed by atoms with Gasteiger partial charge in [0.1, 0.15) is 6.33 Å². The summed E-state index contributed by atoms with van der Waals surface area (Å²) >= 11 is 0. The van der Waals surface area contributed by atoms with E-state index in [4.69, 9.17) is 15.0 Å². The van der Waals surface area contributed by atoms with Crippen molar-refractivity contribution in [2.24, 2.45) is 0 Å². The largest absolute Gasteiger partial charge is 0.309 e. The quantitative estimate of drug-likeness (QED) is 0.203. The zero-order chi connectivity index (χ0) is 30.1. The minimum absolute atomic E-state index is 0.631. The van der Waals surface area contributed by atoms with Gasteiger partial charge >= 0.3 is 0 Å². The monoisotopic (exact) mass is 584 g/mol. The molecule has 0 fully saturated rings. The molecule has 0 amide bonds. The average molecular weight is 585 g/mol. The minimum Gasteiger partial charge on any atom is -0.309 e. The molecule has 0 radical (unpaired) electrons. The lowest BCUT2D eigenvalue weighted by Gasteiger charge is -2.12. The first-order chi connectivity index (χ1) is 22.2. The van der Waals surface area contributed by atoms with Gasteiger partial charge in [-0.2, -0.15) is 4.98 Å². The van der Waals surface area contributed by atoms with Crippen molar-refractivity contribution in [2.75, 3.05) is 0 Å². The van der Waals surface area contributed by atoms with Crippen LogP contribution >= 0.6 is 0 Å². The molecule has 4 heterocycles. The van der Waals surface area contributed by atoms with Crippen LogP contribution in [0, 0.1) is 6.92 Å². The van der Waals surface area contributed by atoms with Crippen LogP contribution in [-0.2, 0) is 12.8 Å². The van der Waals surface area contributed by atoms with Crippen molar-refractivity contribution >= 4 is 49.7 Å². The van der Waals surface area contributed by atoms with Crippen molar-refractivity contribution < 1.29 is 0 Å². The minimum atomic E-state index is 0.631. The van der Waals surface area contributed by atoms with Crippen LogP contribution in [0.3, 0.4) is 0 Å². The van der Waals surface area contributed by atoms with Gasteiger partial charge in [-0.25, -0.2) is 9.97 Å². The molecule has 9 rings (SSSR count). The Hall–Kier alpha value is -5.49. The van der Waals surface area contributed by atoms with Crippen LogP contribution in [-0.4, -0.2) is 28.7 Å². The molecule has 4 aromatic carbocycles. The number of nitrogens with zero attached hydrogens (tertiary/aromatic N) is 6. The van der Waals surface area contributed by atoms with E-state index in [2.05, 4.69) is 131 Å². The lowest BCUT2D eigenvalue weighted by Crippen LogP contribution is -2.10. The molecule has 45 heavy (non-hydrogen) atoms. The SMILES string of the molecule is CCCc1c(C)n(-c2ncnc(-n3c4c(c5c(-n6c7ccccc7c7ccccc76)cccc53)CCC=C4)n2)c2ccccc12. The fourth-order valence-electron chi connectivity index (χ4n) is 7.60. The zero-order valence-corrected chi connectivity index (χ0v) is 25.4. The maximum absolute atomic E-state index is 5.18. The molecule has 218 valence electrons. The molecule has 0 bridgehead atoms.